The average Bonchev–Trinajstić information content (AvgIpc) is 2.61. The number of rotatable bonds is 5. The number of aliphatic imine (C=N–C) groups is 1. The van der Waals surface area contributed by atoms with Gasteiger partial charge in [-0.3, -0.25) is 0 Å². The van der Waals surface area contributed by atoms with Crippen molar-refractivity contribution in [1.82, 2.24) is 9.88 Å². The summed E-state index contributed by atoms with van der Waals surface area (Å²) < 4.78 is 39.5. The summed E-state index contributed by atoms with van der Waals surface area (Å²) in [6.45, 7) is 7.71. The second kappa shape index (κ2) is 8.41. The molecular weight excluding hydrogens is 353 g/mol. The van der Waals surface area contributed by atoms with E-state index in [1.54, 1.807) is 37.2 Å². The number of halogens is 3. The van der Waals surface area contributed by atoms with Gasteiger partial charge in [0.1, 0.15) is 11.7 Å². The standard InChI is InChI=1S/C20H25F3N4/c1-6-27(7-2)14(3)25-17-10-8-9-15(11-17)18-12-16(20(21,22)23)13-24-19(18)26(4)5/h8-13H,6-7H2,1-5H3. The van der Waals surface area contributed by atoms with E-state index in [9.17, 15) is 13.2 Å². The molecule has 4 nitrogen and oxygen atoms in total. The molecule has 0 atom stereocenters. The number of aromatic nitrogens is 1. The Morgan fingerprint density at radius 3 is 2.33 bits per heavy atom. The van der Waals surface area contributed by atoms with E-state index in [1.807, 2.05) is 13.0 Å². The Hall–Kier alpha value is -2.57. The van der Waals surface area contributed by atoms with E-state index >= 15 is 0 Å². The molecule has 2 rings (SSSR count). The molecule has 0 fully saturated rings. The van der Waals surface area contributed by atoms with Crippen LogP contribution in [0.2, 0.25) is 0 Å². The van der Waals surface area contributed by atoms with E-state index in [0.29, 0.717) is 22.6 Å². The first-order chi connectivity index (χ1) is 12.7. The van der Waals surface area contributed by atoms with Crippen molar-refractivity contribution in [2.24, 2.45) is 4.99 Å². The zero-order valence-corrected chi connectivity index (χ0v) is 16.3. The molecule has 0 radical (unpaired) electrons. The summed E-state index contributed by atoms with van der Waals surface area (Å²) >= 11 is 0. The third-order valence-corrected chi connectivity index (χ3v) is 4.29. The lowest BCUT2D eigenvalue weighted by Gasteiger charge is -2.20. The Bertz CT molecular complexity index is 809. The number of hydrogen-bond acceptors (Lipinski definition) is 3. The number of nitrogens with zero attached hydrogens (tertiary/aromatic N) is 4. The quantitative estimate of drug-likeness (QED) is 0.528. The first-order valence-corrected chi connectivity index (χ1v) is 8.82. The third-order valence-electron chi connectivity index (χ3n) is 4.29. The van der Waals surface area contributed by atoms with Crippen LogP contribution < -0.4 is 4.90 Å². The van der Waals surface area contributed by atoms with Crippen LogP contribution in [0.5, 0.6) is 0 Å². The highest BCUT2D eigenvalue weighted by Crippen LogP contribution is 2.36. The summed E-state index contributed by atoms with van der Waals surface area (Å²) in [6, 6.07) is 8.34. The molecule has 0 N–H and O–H groups in total. The summed E-state index contributed by atoms with van der Waals surface area (Å²) in [5, 5.41) is 0. The van der Waals surface area contributed by atoms with Gasteiger partial charge < -0.3 is 9.80 Å². The highest BCUT2D eigenvalue weighted by molar-refractivity contribution is 5.84. The number of hydrogen-bond donors (Lipinski definition) is 0. The smallest absolute Gasteiger partial charge is 0.362 e. The van der Waals surface area contributed by atoms with Crippen LogP contribution in [0.15, 0.2) is 41.5 Å². The van der Waals surface area contributed by atoms with Crippen LogP contribution in [0, 0.1) is 0 Å². The molecule has 27 heavy (non-hydrogen) atoms. The first-order valence-electron chi connectivity index (χ1n) is 8.82. The van der Waals surface area contributed by atoms with E-state index in [2.05, 4.69) is 28.7 Å². The van der Waals surface area contributed by atoms with Crippen molar-refractivity contribution < 1.29 is 13.2 Å². The normalized spacial score (nSPS) is 12.2. The summed E-state index contributed by atoms with van der Waals surface area (Å²) in [6.07, 6.45) is -3.58. The molecule has 7 heteroatoms. The maximum Gasteiger partial charge on any atom is 0.417 e. The molecule has 0 spiro atoms. The van der Waals surface area contributed by atoms with Gasteiger partial charge in [0.15, 0.2) is 0 Å². The monoisotopic (exact) mass is 378 g/mol. The van der Waals surface area contributed by atoms with E-state index in [1.165, 1.54) is 0 Å². The lowest BCUT2D eigenvalue weighted by molar-refractivity contribution is -0.137. The SMILES string of the molecule is CCN(CC)C(C)=Nc1cccc(-c2cc(C(F)(F)F)cnc2N(C)C)c1. The van der Waals surface area contributed by atoms with Crippen molar-refractivity contribution >= 4 is 17.3 Å². The lowest BCUT2D eigenvalue weighted by atomic mass is 10.0. The summed E-state index contributed by atoms with van der Waals surface area (Å²) in [5.41, 5.74) is 0.994. The van der Waals surface area contributed by atoms with Crippen molar-refractivity contribution in [3.05, 3.63) is 42.1 Å². The number of benzene rings is 1. The fraction of sp³-hybridized carbons (Fsp3) is 0.400. The largest absolute Gasteiger partial charge is 0.417 e. The molecule has 1 aromatic heterocycles. The molecule has 1 aromatic carbocycles. The van der Waals surface area contributed by atoms with Crippen molar-refractivity contribution in [2.45, 2.75) is 26.9 Å². The third kappa shape index (κ3) is 4.99. The minimum atomic E-state index is -4.44. The van der Waals surface area contributed by atoms with Gasteiger partial charge in [-0.1, -0.05) is 12.1 Å². The maximum absolute atomic E-state index is 13.2. The number of alkyl halides is 3. The Balaban J connectivity index is 2.54. The van der Waals surface area contributed by atoms with Crippen molar-refractivity contribution in [3.63, 3.8) is 0 Å². The molecule has 2 aromatic rings. The second-order valence-corrected chi connectivity index (χ2v) is 6.37. The zero-order chi connectivity index (χ0) is 20.2. The maximum atomic E-state index is 13.2. The van der Waals surface area contributed by atoms with Crippen LogP contribution in [0.1, 0.15) is 26.3 Å². The number of anilines is 1. The van der Waals surface area contributed by atoms with Crippen LogP contribution in [-0.4, -0.2) is 42.9 Å². The molecule has 0 aliphatic heterocycles. The molecule has 0 aliphatic carbocycles. The highest BCUT2D eigenvalue weighted by Gasteiger charge is 2.32. The molecule has 0 bridgehead atoms. The predicted molar refractivity (Wildman–Crippen MR) is 105 cm³/mol. The Morgan fingerprint density at radius 2 is 1.78 bits per heavy atom. The van der Waals surface area contributed by atoms with Gasteiger partial charge in [-0.05, 0) is 44.5 Å². The number of amidine groups is 1. The van der Waals surface area contributed by atoms with Crippen molar-refractivity contribution in [3.8, 4) is 11.1 Å². The van der Waals surface area contributed by atoms with E-state index in [0.717, 1.165) is 31.2 Å². The van der Waals surface area contributed by atoms with E-state index in [4.69, 9.17) is 0 Å². The highest BCUT2D eigenvalue weighted by atomic mass is 19.4. The van der Waals surface area contributed by atoms with Crippen molar-refractivity contribution in [1.29, 1.82) is 0 Å². The van der Waals surface area contributed by atoms with Crippen LogP contribution in [0.4, 0.5) is 24.7 Å². The molecule has 0 unspecified atom stereocenters. The van der Waals surface area contributed by atoms with Gasteiger partial charge in [0, 0.05) is 38.9 Å². The summed E-state index contributed by atoms with van der Waals surface area (Å²) in [7, 11) is 3.51. The summed E-state index contributed by atoms with van der Waals surface area (Å²) in [4.78, 5) is 12.5. The zero-order valence-electron chi connectivity index (χ0n) is 16.3. The predicted octanol–water partition coefficient (Wildman–Crippen LogP) is 5.23. The molecule has 0 saturated heterocycles. The van der Waals surface area contributed by atoms with Gasteiger partial charge in [0.05, 0.1) is 11.3 Å². The van der Waals surface area contributed by atoms with Gasteiger partial charge in [0.2, 0.25) is 0 Å². The minimum absolute atomic E-state index is 0.423. The van der Waals surface area contributed by atoms with E-state index < -0.39 is 11.7 Å². The average molecular weight is 378 g/mol. The van der Waals surface area contributed by atoms with Gasteiger partial charge in [-0.2, -0.15) is 13.2 Å². The minimum Gasteiger partial charge on any atom is -0.362 e. The van der Waals surface area contributed by atoms with Gasteiger partial charge in [-0.15, -0.1) is 0 Å². The topological polar surface area (TPSA) is 31.7 Å². The Morgan fingerprint density at radius 1 is 1.11 bits per heavy atom. The number of pyridine rings is 1. The lowest BCUT2D eigenvalue weighted by Crippen LogP contribution is -2.27. The van der Waals surface area contributed by atoms with Gasteiger partial charge >= 0.3 is 6.18 Å². The Kier molecular flexibility index (Phi) is 6.46. The van der Waals surface area contributed by atoms with Crippen molar-refractivity contribution in [2.75, 3.05) is 32.1 Å². The molecule has 0 aliphatic rings. The van der Waals surface area contributed by atoms with E-state index in [-0.39, 0.29) is 0 Å². The second-order valence-electron chi connectivity index (χ2n) is 6.37. The summed E-state index contributed by atoms with van der Waals surface area (Å²) in [5.74, 6) is 1.34. The van der Waals surface area contributed by atoms with Gasteiger partial charge in [-0.25, -0.2) is 9.98 Å². The molecule has 1 heterocycles. The van der Waals surface area contributed by atoms with Crippen LogP contribution in [0.3, 0.4) is 0 Å². The Labute approximate surface area is 158 Å². The fourth-order valence-electron chi connectivity index (χ4n) is 2.86. The molecule has 146 valence electrons. The van der Waals surface area contributed by atoms with Crippen LogP contribution >= 0.6 is 0 Å². The van der Waals surface area contributed by atoms with Crippen LogP contribution in [0.25, 0.3) is 11.1 Å². The fourth-order valence-corrected chi connectivity index (χ4v) is 2.86. The van der Waals surface area contributed by atoms with Gasteiger partial charge in [0.25, 0.3) is 0 Å². The molecular formula is C20H25F3N4. The van der Waals surface area contributed by atoms with Crippen LogP contribution in [-0.2, 0) is 6.18 Å². The molecule has 0 saturated carbocycles. The molecule has 0 amide bonds. The first kappa shape index (κ1) is 20.7.